The lowest BCUT2D eigenvalue weighted by molar-refractivity contribution is 0.0785. The van der Waals surface area contributed by atoms with Crippen LogP contribution < -0.4 is 5.73 Å². The van der Waals surface area contributed by atoms with Crippen LogP contribution in [-0.2, 0) is 6.54 Å². The molecule has 1 aromatic heterocycles. The van der Waals surface area contributed by atoms with Gasteiger partial charge in [-0.15, -0.1) is 0 Å². The Morgan fingerprint density at radius 3 is 2.60 bits per heavy atom. The quantitative estimate of drug-likeness (QED) is 0.885. The number of hydrogen-bond acceptors (Lipinski definition) is 3. The number of nitrogen functional groups attached to an aromatic ring is 1. The van der Waals surface area contributed by atoms with E-state index in [-0.39, 0.29) is 22.7 Å². The summed E-state index contributed by atoms with van der Waals surface area (Å²) in [6.07, 6.45) is 0. The number of aromatic nitrogens is 1. The van der Waals surface area contributed by atoms with Gasteiger partial charge in [0.1, 0.15) is 16.8 Å². The molecule has 0 saturated carbocycles. The Kier molecular flexibility index (Phi) is 4.20. The number of nitrogens with two attached hydrogens (primary N) is 1. The van der Waals surface area contributed by atoms with Gasteiger partial charge >= 0.3 is 0 Å². The van der Waals surface area contributed by atoms with E-state index in [0.29, 0.717) is 12.1 Å². The normalized spacial score (nSPS) is 10.3. The summed E-state index contributed by atoms with van der Waals surface area (Å²) in [5.74, 6) is -0.349. The molecular weight excluding hydrogens is 281 g/mol. The van der Waals surface area contributed by atoms with Crippen LogP contribution in [0.5, 0.6) is 0 Å². The number of carbonyl (C=O) groups is 1. The number of benzene rings is 1. The number of carbonyl (C=O) groups excluding carboxylic acids is 1. The van der Waals surface area contributed by atoms with E-state index in [4.69, 9.17) is 17.3 Å². The molecule has 0 saturated heterocycles. The van der Waals surface area contributed by atoms with Gasteiger partial charge < -0.3 is 10.6 Å². The Morgan fingerprint density at radius 1 is 1.35 bits per heavy atom. The van der Waals surface area contributed by atoms with E-state index in [2.05, 4.69) is 4.98 Å². The Labute approximate surface area is 121 Å². The van der Waals surface area contributed by atoms with Crippen molar-refractivity contribution in [3.05, 3.63) is 58.5 Å². The Morgan fingerprint density at radius 2 is 2.00 bits per heavy atom. The van der Waals surface area contributed by atoms with E-state index in [1.54, 1.807) is 19.2 Å². The molecule has 2 N–H and O–H groups in total. The molecule has 4 nitrogen and oxygen atoms in total. The SMILES string of the molecule is CN(Cc1ccc(F)cc1)C(=O)c1cc(N)nc(Cl)c1. The first-order valence-electron chi connectivity index (χ1n) is 5.88. The molecule has 0 aliphatic rings. The van der Waals surface area contributed by atoms with Crippen LogP contribution in [-0.4, -0.2) is 22.8 Å². The smallest absolute Gasteiger partial charge is 0.254 e. The zero-order chi connectivity index (χ0) is 14.7. The number of pyridine rings is 1. The number of nitrogens with zero attached hydrogens (tertiary/aromatic N) is 2. The fourth-order valence-electron chi connectivity index (χ4n) is 1.80. The lowest BCUT2D eigenvalue weighted by atomic mass is 10.2. The first kappa shape index (κ1) is 14.3. The summed E-state index contributed by atoms with van der Waals surface area (Å²) < 4.78 is 12.8. The second-order valence-electron chi connectivity index (χ2n) is 4.39. The third-order valence-corrected chi connectivity index (χ3v) is 2.93. The van der Waals surface area contributed by atoms with Gasteiger partial charge in [-0.05, 0) is 29.8 Å². The Balaban J connectivity index is 2.14. The minimum Gasteiger partial charge on any atom is -0.384 e. The molecule has 0 spiro atoms. The van der Waals surface area contributed by atoms with Crippen molar-refractivity contribution in [2.45, 2.75) is 6.54 Å². The molecule has 2 aromatic rings. The number of amides is 1. The molecule has 0 unspecified atom stereocenters. The Hall–Kier alpha value is -2.14. The summed E-state index contributed by atoms with van der Waals surface area (Å²) in [6.45, 7) is 0.360. The molecule has 6 heteroatoms. The van der Waals surface area contributed by atoms with E-state index in [9.17, 15) is 9.18 Å². The average Bonchev–Trinajstić information content (AvgIpc) is 2.39. The number of halogens is 2. The fourth-order valence-corrected chi connectivity index (χ4v) is 2.01. The molecule has 0 aliphatic carbocycles. The maximum Gasteiger partial charge on any atom is 0.254 e. The van der Waals surface area contributed by atoms with Crippen LogP contribution in [0, 0.1) is 5.82 Å². The molecular formula is C14H13ClFN3O. The van der Waals surface area contributed by atoms with Gasteiger partial charge in [0.15, 0.2) is 0 Å². The summed E-state index contributed by atoms with van der Waals surface area (Å²) in [5.41, 5.74) is 6.76. The molecule has 1 heterocycles. The van der Waals surface area contributed by atoms with Gasteiger partial charge in [-0.1, -0.05) is 23.7 Å². The van der Waals surface area contributed by atoms with Gasteiger partial charge in [0.25, 0.3) is 5.91 Å². The van der Waals surface area contributed by atoms with Crippen molar-refractivity contribution in [2.24, 2.45) is 0 Å². The highest BCUT2D eigenvalue weighted by Gasteiger charge is 2.13. The number of rotatable bonds is 3. The highest BCUT2D eigenvalue weighted by Crippen LogP contribution is 2.15. The van der Waals surface area contributed by atoms with Crippen LogP contribution in [0.15, 0.2) is 36.4 Å². The van der Waals surface area contributed by atoms with Crippen molar-refractivity contribution in [2.75, 3.05) is 12.8 Å². The second kappa shape index (κ2) is 5.88. The van der Waals surface area contributed by atoms with E-state index in [1.807, 2.05) is 0 Å². The summed E-state index contributed by atoms with van der Waals surface area (Å²) in [5, 5.41) is 0.170. The van der Waals surface area contributed by atoms with Crippen LogP contribution in [0.3, 0.4) is 0 Å². The molecule has 0 atom stereocenters. The lowest BCUT2D eigenvalue weighted by Crippen LogP contribution is -2.26. The van der Waals surface area contributed by atoms with Gasteiger partial charge in [0.2, 0.25) is 0 Å². The Bertz CT molecular complexity index is 611. The van der Waals surface area contributed by atoms with Gasteiger partial charge in [0.05, 0.1) is 0 Å². The molecule has 1 aromatic carbocycles. The molecule has 1 amide bonds. The van der Waals surface area contributed by atoms with Crippen molar-refractivity contribution in [1.29, 1.82) is 0 Å². The molecule has 20 heavy (non-hydrogen) atoms. The summed E-state index contributed by atoms with van der Waals surface area (Å²) in [6, 6.07) is 8.90. The van der Waals surface area contributed by atoms with Crippen LogP contribution >= 0.6 is 11.6 Å². The van der Waals surface area contributed by atoms with E-state index < -0.39 is 0 Å². The molecule has 0 radical (unpaired) electrons. The van der Waals surface area contributed by atoms with Gasteiger partial charge in [0, 0.05) is 19.2 Å². The zero-order valence-electron chi connectivity index (χ0n) is 10.8. The van der Waals surface area contributed by atoms with Crippen LogP contribution in [0.4, 0.5) is 10.2 Å². The number of anilines is 1. The first-order chi connectivity index (χ1) is 9.45. The summed E-state index contributed by atoms with van der Waals surface area (Å²) >= 11 is 5.77. The molecule has 104 valence electrons. The van der Waals surface area contributed by atoms with Crippen molar-refractivity contribution >= 4 is 23.3 Å². The van der Waals surface area contributed by atoms with Gasteiger partial charge in [-0.2, -0.15) is 0 Å². The average molecular weight is 294 g/mol. The van der Waals surface area contributed by atoms with E-state index in [0.717, 1.165) is 5.56 Å². The lowest BCUT2D eigenvalue weighted by Gasteiger charge is -2.17. The van der Waals surface area contributed by atoms with E-state index in [1.165, 1.54) is 29.2 Å². The predicted octanol–water partition coefficient (Wildman–Crippen LogP) is 2.73. The largest absolute Gasteiger partial charge is 0.384 e. The van der Waals surface area contributed by atoms with E-state index >= 15 is 0 Å². The molecule has 0 aliphatic heterocycles. The molecule has 2 rings (SSSR count). The summed E-state index contributed by atoms with van der Waals surface area (Å²) in [4.78, 5) is 17.5. The van der Waals surface area contributed by atoms with Crippen molar-refractivity contribution < 1.29 is 9.18 Å². The van der Waals surface area contributed by atoms with Gasteiger partial charge in [-0.3, -0.25) is 4.79 Å². The second-order valence-corrected chi connectivity index (χ2v) is 4.78. The summed E-state index contributed by atoms with van der Waals surface area (Å²) in [7, 11) is 1.65. The molecule has 0 fully saturated rings. The topological polar surface area (TPSA) is 59.2 Å². The van der Waals surface area contributed by atoms with Crippen LogP contribution in [0.2, 0.25) is 5.15 Å². The van der Waals surface area contributed by atoms with Crippen molar-refractivity contribution in [3.8, 4) is 0 Å². The third kappa shape index (κ3) is 3.45. The van der Waals surface area contributed by atoms with Crippen LogP contribution in [0.25, 0.3) is 0 Å². The van der Waals surface area contributed by atoms with Crippen molar-refractivity contribution in [3.63, 3.8) is 0 Å². The minimum atomic E-state index is -0.309. The number of hydrogen-bond donors (Lipinski definition) is 1. The highest BCUT2D eigenvalue weighted by atomic mass is 35.5. The monoisotopic (exact) mass is 293 g/mol. The van der Waals surface area contributed by atoms with Gasteiger partial charge in [-0.25, -0.2) is 9.37 Å². The predicted molar refractivity (Wildman–Crippen MR) is 75.9 cm³/mol. The van der Waals surface area contributed by atoms with Crippen LogP contribution in [0.1, 0.15) is 15.9 Å². The standard InChI is InChI=1S/C14H13ClFN3O/c1-19(8-9-2-4-11(16)5-3-9)14(20)10-6-12(15)18-13(17)7-10/h2-7H,8H2,1H3,(H2,17,18). The minimum absolute atomic E-state index is 0.170. The van der Waals surface area contributed by atoms with Crippen molar-refractivity contribution in [1.82, 2.24) is 9.88 Å². The fraction of sp³-hybridized carbons (Fsp3) is 0.143. The zero-order valence-corrected chi connectivity index (χ0v) is 11.6. The first-order valence-corrected chi connectivity index (χ1v) is 6.26. The maximum absolute atomic E-state index is 12.8. The highest BCUT2D eigenvalue weighted by molar-refractivity contribution is 6.29. The third-order valence-electron chi connectivity index (χ3n) is 2.74. The molecule has 0 bridgehead atoms. The maximum atomic E-state index is 12.8.